The summed E-state index contributed by atoms with van der Waals surface area (Å²) in [5.41, 5.74) is 2.27. The van der Waals surface area contributed by atoms with Crippen LogP contribution in [-0.4, -0.2) is 15.7 Å². The van der Waals surface area contributed by atoms with E-state index in [1.54, 1.807) is 0 Å². The second-order valence-electron chi connectivity index (χ2n) is 3.67. The summed E-state index contributed by atoms with van der Waals surface area (Å²) in [6.45, 7) is 3.54. The third kappa shape index (κ3) is 4.38. The predicted octanol–water partition coefficient (Wildman–Crippen LogP) is 2.22. The van der Waals surface area contributed by atoms with Crippen molar-refractivity contribution in [1.29, 1.82) is 0 Å². The number of hydrogen-bond acceptors (Lipinski definition) is 2. The van der Waals surface area contributed by atoms with Crippen molar-refractivity contribution in [2.24, 2.45) is 0 Å². The molecule has 0 bridgehead atoms. The maximum atomic E-state index is 11.6. The standard InChI is InChI=1S/C12H16O2S/c1-10-5-3-4-6-12(10)9-15(14)8-7-11(2)13/h3-6H,7-9H2,1-2H3. The van der Waals surface area contributed by atoms with Crippen molar-refractivity contribution >= 4 is 16.6 Å². The Labute approximate surface area is 93.2 Å². The first-order valence-electron chi connectivity index (χ1n) is 4.98. The fourth-order valence-corrected chi connectivity index (χ4v) is 2.61. The minimum atomic E-state index is -0.923. The minimum Gasteiger partial charge on any atom is -0.300 e. The van der Waals surface area contributed by atoms with Crippen molar-refractivity contribution in [3.05, 3.63) is 35.4 Å². The van der Waals surface area contributed by atoms with Gasteiger partial charge in [0.2, 0.25) is 0 Å². The van der Waals surface area contributed by atoms with Gasteiger partial charge in [-0.15, -0.1) is 0 Å². The molecular formula is C12H16O2S. The summed E-state index contributed by atoms with van der Waals surface area (Å²) in [6, 6.07) is 7.92. The molecular weight excluding hydrogens is 208 g/mol. The third-order valence-electron chi connectivity index (χ3n) is 2.26. The fraction of sp³-hybridized carbons (Fsp3) is 0.417. The van der Waals surface area contributed by atoms with Gasteiger partial charge in [-0.2, -0.15) is 0 Å². The summed E-state index contributed by atoms with van der Waals surface area (Å²) < 4.78 is 11.6. The van der Waals surface area contributed by atoms with E-state index in [9.17, 15) is 9.00 Å². The largest absolute Gasteiger partial charge is 0.300 e. The lowest BCUT2D eigenvalue weighted by Gasteiger charge is -2.04. The average Bonchev–Trinajstić information content (AvgIpc) is 2.18. The van der Waals surface area contributed by atoms with Crippen LogP contribution >= 0.6 is 0 Å². The molecule has 1 unspecified atom stereocenters. The minimum absolute atomic E-state index is 0.105. The number of Topliss-reactive ketones (excluding diaryl/α,β-unsaturated/α-hetero) is 1. The van der Waals surface area contributed by atoms with Crippen molar-refractivity contribution in [3.8, 4) is 0 Å². The number of carbonyl (C=O) groups is 1. The molecule has 1 aromatic carbocycles. The van der Waals surface area contributed by atoms with Gasteiger partial charge in [-0.3, -0.25) is 9.00 Å². The molecule has 0 fully saturated rings. The highest BCUT2D eigenvalue weighted by Gasteiger charge is 2.05. The smallest absolute Gasteiger partial charge is 0.130 e. The van der Waals surface area contributed by atoms with Gasteiger partial charge in [0.1, 0.15) is 5.78 Å². The molecule has 82 valence electrons. The van der Waals surface area contributed by atoms with Crippen molar-refractivity contribution < 1.29 is 9.00 Å². The van der Waals surface area contributed by atoms with Gasteiger partial charge in [0.05, 0.1) is 0 Å². The van der Waals surface area contributed by atoms with Crippen LogP contribution < -0.4 is 0 Å². The van der Waals surface area contributed by atoms with E-state index in [0.29, 0.717) is 17.9 Å². The molecule has 0 aliphatic heterocycles. The molecule has 2 nitrogen and oxygen atoms in total. The van der Waals surface area contributed by atoms with Gasteiger partial charge < -0.3 is 0 Å². The lowest BCUT2D eigenvalue weighted by molar-refractivity contribution is -0.116. The summed E-state index contributed by atoms with van der Waals surface area (Å²) in [4.78, 5) is 10.7. The zero-order valence-electron chi connectivity index (χ0n) is 9.16. The highest BCUT2D eigenvalue weighted by Crippen LogP contribution is 2.10. The Morgan fingerprint density at radius 3 is 2.60 bits per heavy atom. The van der Waals surface area contributed by atoms with Crippen molar-refractivity contribution in [2.75, 3.05) is 5.75 Å². The number of rotatable bonds is 5. The summed E-state index contributed by atoms with van der Waals surface area (Å²) in [5, 5.41) is 0. The molecule has 0 aliphatic rings. The summed E-state index contributed by atoms with van der Waals surface area (Å²) in [5.74, 6) is 1.14. The second-order valence-corrected chi connectivity index (χ2v) is 5.24. The van der Waals surface area contributed by atoms with Crippen LogP contribution in [0.4, 0.5) is 0 Å². The Kier molecular flexibility index (Phi) is 4.69. The monoisotopic (exact) mass is 224 g/mol. The summed E-state index contributed by atoms with van der Waals surface area (Å²) in [7, 11) is -0.923. The van der Waals surface area contributed by atoms with Gasteiger partial charge >= 0.3 is 0 Å². The summed E-state index contributed by atoms with van der Waals surface area (Å²) in [6.07, 6.45) is 0.415. The van der Waals surface area contributed by atoms with E-state index in [4.69, 9.17) is 0 Å². The maximum absolute atomic E-state index is 11.6. The van der Waals surface area contributed by atoms with E-state index in [2.05, 4.69) is 0 Å². The van der Waals surface area contributed by atoms with E-state index in [1.165, 1.54) is 6.92 Å². The Morgan fingerprint density at radius 1 is 1.33 bits per heavy atom. The lowest BCUT2D eigenvalue weighted by Crippen LogP contribution is -2.05. The first-order valence-corrected chi connectivity index (χ1v) is 6.47. The van der Waals surface area contributed by atoms with Crippen molar-refractivity contribution in [1.82, 2.24) is 0 Å². The third-order valence-corrected chi connectivity index (χ3v) is 3.55. The Hall–Kier alpha value is -0.960. The van der Waals surface area contributed by atoms with Crippen LogP contribution in [0.15, 0.2) is 24.3 Å². The Balaban J connectivity index is 2.52. The zero-order valence-corrected chi connectivity index (χ0v) is 9.97. The summed E-state index contributed by atoms with van der Waals surface area (Å²) >= 11 is 0. The van der Waals surface area contributed by atoms with Gasteiger partial charge in [-0.25, -0.2) is 0 Å². The van der Waals surface area contributed by atoms with Crippen LogP contribution in [0, 0.1) is 6.92 Å². The molecule has 0 saturated carbocycles. The molecule has 0 heterocycles. The number of ketones is 1. The van der Waals surface area contributed by atoms with Gasteiger partial charge in [0.15, 0.2) is 0 Å². The molecule has 0 spiro atoms. The van der Waals surface area contributed by atoms with E-state index >= 15 is 0 Å². The van der Waals surface area contributed by atoms with E-state index in [-0.39, 0.29) is 5.78 Å². The van der Waals surface area contributed by atoms with Crippen LogP contribution in [0.5, 0.6) is 0 Å². The molecule has 15 heavy (non-hydrogen) atoms. The van der Waals surface area contributed by atoms with E-state index < -0.39 is 10.8 Å². The lowest BCUT2D eigenvalue weighted by atomic mass is 10.1. The SMILES string of the molecule is CC(=O)CCS(=O)Cc1ccccc1C. The highest BCUT2D eigenvalue weighted by molar-refractivity contribution is 7.84. The molecule has 0 N–H and O–H groups in total. The van der Waals surface area contributed by atoms with Crippen molar-refractivity contribution in [2.45, 2.75) is 26.0 Å². The Bertz CT molecular complexity index is 372. The Morgan fingerprint density at radius 2 is 2.00 bits per heavy atom. The second kappa shape index (κ2) is 5.81. The van der Waals surface area contributed by atoms with Gasteiger partial charge in [-0.1, -0.05) is 24.3 Å². The topological polar surface area (TPSA) is 34.1 Å². The van der Waals surface area contributed by atoms with Crippen LogP contribution in [0.2, 0.25) is 0 Å². The zero-order chi connectivity index (χ0) is 11.3. The molecule has 0 aliphatic carbocycles. The number of benzene rings is 1. The fourth-order valence-electron chi connectivity index (χ4n) is 1.28. The van der Waals surface area contributed by atoms with Crippen LogP contribution in [0.1, 0.15) is 24.5 Å². The molecule has 0 amide bonds. The molecule has 0 radical (unpaired) electrons. The number of carbonyl (C=O) groups excluding carboxylic acids is 1. The first kappa shape index (κ1) is 12.1. The molecule has 3 heteroatoms. The molecule has 1 atom stereocenters. The van der Waals surface area contributed by atoms with Gasteiger partial charge in [0.25, 0.3) is 0 Å². The van der Waals surface area contributed by atoms with E-state index in [0.717, 1.165) is 11.1 Å². The van der Waals surface area contributed by atoms with Crippen LogP contribution in [-0.2, 0) is 21.3 Å². The first-order chi connectivity index (χ1) is 7.09. The highest BCUT2D eigenvalue weighted by atomic mass is 32.2. The van der Waals surface area contributed by atoms with Gasteiger partial charge in [0, 0.05) is 28.7 Å². The molecule has 1 aromatic rings. The van der Waals surface area contributed by atoms with Crippen LogP contribution in [0.3, 0.4) is 0 Å². The maximum Gasteiger partial charge on any atom is 0.130 e. The predicted molar refractivity (Wildman–Crippen MR) is 63.2 cm³/mol. The van der Waals surface area contributed by atoms with Gasteiger partial charge in [-0.05, 0) is 25.0 Å². The molecule has 0 saturated heterocycles. The number of aryl methyl sites for hydroxylation is 1. The van der Waals surface area contributed by atoms with Crippen LogP contribution in [0.25, 0.3) is 0 Å². The molecule has 1 rings (SSSR count). The normalized spacial score (nSPS) is 12.4. The van der Waals surface area contributed by atoms with E-state index in [1.807, 2.05) is 31.2 Å². The molecule has 0 aromatic heterocycles. The van der Waals surface area contributed by atoms with Crippen molar-refractivity contribution in [3.63, 3.8) is 0 Å². The number of hydrogen-bond donors (Lipinski definition) is 0. The quantitative estimate of drug-likeness (QED) is 0.768. The average molecular weight is 224 g/mol.